The van der Waals surface area contributed by atoms with Gasteiger partial charge in [-0.1, -0.05) is 12.1 Å². The average Bonchev–Trinajstić information content (AvgIpc) is 2.52. The fraction of sp³-hybridized carbons (Fsp3) is 0.278. The number of rotatable bonds is 3. The number of hydrogen-bond donors (Lipinski definition) is 1. The molecular formula is C18H18O3. The lowest BCUT2D eigenvalue weighted by Gasteiger charge is -2.23. The van der Waals surface area contributed by atoms with E-state index in [1.165, 1.54) is 0 Å². The summed E-state index contributed by atoms with van der Waals surface area (Å²) < 4.78 is 5.21. The van der Waals surface area contributed by atoms with Crippen molar-refractivity contribution >= 4 is 5.78 Å². The van der Waals surface area contributed by atoms with Gasteiger partial charge in [-0.3, -0.25) is 4.79 Å². The van der Waals surface area contributed by atoms with E-state index in [-0.39, 0.29) is 17.5 Å². The highest BCUT2D eigenvalue weighted by molar-refractivity contribution is 6.00. The summed E-state index contributed by atoms with van der Waals surface area (Å²) in [5.74, 6) is 1.30. The fourth-order valence-corrected chi connectivity index (χ4v) is 2.94. The summed E-state index contributed by atoms with van der Waals surface area (Å²) in [6.45, 7) is 0. The van der Waals surface area contributed by atoms with Crippen LogP contribution in [0.4, 0.5) is 0 Å². The van der Waals surface area contributed by atoms with Crippen LogP contribution in [-0.4, -0.2) is 18.0 Å². The second-order valence-corrected chi connectivity index (χ2v) is 5.49. The molecule has 1 atom stereocenters. The van der Waals surface area contributed by atoms with E-state index >= 15 is 0 Å². The quantitative estimate of drug-likeness (QED) is 0.938. The molecule has 3 rings (SSSR count). The Morgan fingerprint density at radius 2 is 1.95 bits per heavy atom. The zero-order valence-electron chi connectivity index (χ0n) is 12.0. The minimum atomic E-state index is 0.0236. The minimum absolute atomic E-state index is 0.0236. The summed E-state index contributed by atoms with van der Waals surface area (Å²) in [5.41, 5.74) is 3.00. The Morgan fingerprint density at radius 1 is 1.19 bits per heavy atom. The Balaban J connectivity index is 1.80. The zero-order valence-corrected chi connectivity index (χ0v) is 12.0. The van der Waals surface area contributed by atoms with Crippen LogP contribution in [0.3, 0.4) is 0 Å². The van der Waals surface area contributed by atoms with Gasteiger partial charge >= 0.3 is 0 Å². The molecule has 0 spiro atoms. The van der Waals surface area contributed by atoms with Crippen LogP contribution in [-0.2, 0) is 12.8 Å². The predicted octanol–water partition coefficient (Wildman–Crippen LogP) is 3.39. The van der Waals surface area contributed by atoms with Crippen LogP contribution in [0.15, 0.2) is 42.5 Å². The molecule has 0 saturated heterocycles. The first kappa shape index (κ1) is 13.7. The molecule has 0 unspecified atom stereocenters. The molecule has 1 aliphatic carbocycles. The highest BCUT2D eigenvalue weighted by atomic mass is 16.5. The second-order valence-electron chi connectivity index (χ2n) is 5.49. The minimum Gasteiger partial charge on any atom is -0.508 e. The summed E-state index contributed by atoms with van der Waals surface area (Å²) in [7, 11) is 1.64. The van der Waals surface area contributed by atoms with Gasteiger partial charge in [0.15, 0.2) is 5.78 Å². The molecule has 0 aromatic heterocycles. The topological polar surface area (TPSA) is 46.5 Å². The zero-order chi connectivity index (χ0) is 14.8. The maximum Gasteiger partial charge on any atom is 0.166 e. The van der Waals surface area contributed by atoms with Crippen molar-refractivity contribution in [2.24, 2.45) is 5.92 Å². The van der Waals surface area contributed by atoms with E-state index in [4.69, 9.17) is 4.74 Å². The number of fused-ring (bicyclic) bond motifs is 1. The standard InChI is InChI=1S/C18H18O3/c1-21-16-8-9-17-13(11-16)4-5-14(18(17)20)10-12-2-6-15(19)7-3-12/h2-3,6-9,11,14,19H,4-5,10H2,1H3/t14-/m1/s1. The number of carbonyl (C=O) groups excluding carboxylic acids is 1. The number of ether oxygens (including phenoxy) is 1. The molecule has 2 aromatic rings. The van der Waals surface area contributed by atoms with Crippen molar-refractivity contribution < 1.29 is 14.6 Å². The van der Waals surface area contributed by atoms with Crippen molar-refractivity contribution in [3.05, 3.63) is 59.2 Å². The van der Waals surface area contributed by atoms with Gasteiger partial charge in [-0.05, 0) is 60.7 Å². The lowest BCUT2D eigenvalue weighted by atomic mass is 9.79. The first-order valence-electron chi connectivity index (χ1n) is 7.16. The first-order chi connectivity index (χ1) is 10.2. The van der Waals surface area contributed by atoms with Gasteiger partial charge in [0.1, 0.15) is 11.5 Å². The Labute approximate surface area is 124 Å². The largest absolute Gasteiger partial charge is 0.508 e. The number of benzene rings is 2. The van der Waals surface area contributed by atoms with Gasteiger partial charge in [0, 0.05) is 11.5 Å². The molecule has 0 amide bonds. The highest BCUT2D eigenvalue weighted by Crippen LogP contribution is 2.30. The van der Waals surface area contributed by atoms with Gasteiger partial charge in [-0.25, -0.2) is 0 Å². The number of carbonyl (C=O) groups is 1. The van der Waals surface area contributed by atoms with Crippen LogP contribution in [0.25, 0.3) is 0 Å². The van der Waals surface area contributed by atoms with Crippen LogP contribution < -0.4 is 4.74 Å². The Bertz CT molecular complexity index is 659. The molecule has 3 nitrogen and oxygen atoms in total. The van der Waals surface area contributed by atoms with Crippen molar-refractivity contribution in [2.45, 2.75) is 19.3 Å². The van der Waals surface area contributed by atoms with Gasteiger partial charge in [-0.2, -0.15) is 0 Å². The molecule has 0 fully saturated rings. The van der Waals surface area contributed by atoms with E-state index in [9.17, 15) is 9.90 Å². The summed E-state index contributed by atoms with van der Waals surface area (Å²) in [5, 5.41) is 9.32. The van der Waals surface area contributed by atoms with Crippen molar-refractivity contribution in [1.29, 1.82) is 0 Å². The third-order valence-corrected chi connectivity index (χ3v) is 4.13. The van der Waals surface area contributed by atoms with Gasteiger partial charge < -0.3 is 9.84 Å². The predicted molar refractivity (Wildman–Crippen MR) is 80.9 cm³/mol. The van der Waals surface area contributed by atoms with E-state index in [1.807, 2.05) is 30.3 Å². The molecule has 108 valence electrons. The van der Waals surface area contributed by atoms with E-state index in [0.29, 0.717) is 0 Å². The van der Waals surface area contributed by atoms with Gasteiger partial charge in [0.2, 0.25) is 0 Å². The first-order valence-corrected chi connectivity index (χ1v) is 7.16. The van der Waals surface area contributed by atoms with Gasteiger partial charge in [0.05, 0.1) is 7.11 Å². The summed E-state index contributed by atoms with van der Waals surface area (Å²) in [6.07, 6.45) is 2.49. The summed E-state index contributed by atoms with van der Waals surface area (Å²) >= 11 is 0. The maximum atomic E-state index is 12.6. The van der Waals surface area contributed by atoms with E-state index in [2.05, 4.69) is 0 Å². The number of ketones is 1. The molecular weight excluding hydrogens is 264 g/mol. The number of Topliss-reactive ketones (excluding diaryl/α,β-unsaturated/α-hetero) is 1. The molecule has 0 radical (unpaired) electrons. The van der Waals surface area contributed by atoms with Crippen LogP contribution >= 0.6 is 0 Å². The normalized spacial score (nSPS) is 17.4. The lowest BCUT2D eigenvalue weighted by Crippen LogP contribution is -2.24. The third kappa shape index (κ3) is 2.77. The SMILES string of the molecule is COc1ccc2c(c1)CC[C@H](Cc1ccc(O)cc1)C2=O. The smallest absolute Gasteiger partial charge is 0.166 e. The Hall–Kier alpha value is -2.29. The second kappa shape index (κ2) is 5.60. The van der Waals surface area contributed by atoms with Crippen LogP contribution in [0.2, 0.25) is 0 Å². The Kier molecular flexibility index (Phi) is 3.65. The number of phenols is 1. The van der Waals surface area contributed by atoms with Crippen molar-refractivity contribution in [3.63, 3.8) is 0 Å². The monoisotopic (exact) mass is 282 g/mol. The molecule has 1 aliphatic rings. The van der Waals surface area contributed by atoms with E-state index in [0.717, 1.165) is 41.7 Å². The number of aromatic hydroxyl groups is 1. The molecule has 0 bridgehead atoms. The molecule has 0 saturated carbocycles. The van der Waals surface area contributed by atoms with Crippen molar-refractivity contribution in [2.75, 3.05) is 7.11 Å². The van der Waals surface area contributed by atoms with E-state index < -0.39 is 0 Å². The van der Waals surface area contributed by atoms with Crippen molar-refractivity contribution in [3.8, 4) is 11.5 Å². The maximum absolute atomic E-state index is 12.6. The van der Waals surface area contributed by atoms with E-state index in [1.54, 1.807) is 19.2 Å². The number of aryl methyl sites for hydroxylation is 1. The highest BCUT2D eigenvalue weighted by Gasteiger charge is 2.27. The van der Waals surface area contributed by atoms with Crippen molar-refractivity contribution in [1.82, 2.24) is 0 Å². The van der Waals surface area contributed by atoms with Crippen LogP contribution in [0, 0.1) is 5.92 Å². The van der Waals surface area contributed by atoms with Crippen LogP contribution in [0.5, 0.6) is 11.5 Å². The molecule has 3 heteroatoms. The number of phenolic OH excluding ortho intramolecular Hbond substituents is 1. The number of methoxy groups -OCH3 is 1. The fourth-order valence-electron chi connectivity index (χ4n) is 2.94. The molecule has 0 heterocycles. The molecule has 21 heavy (non-hydrogen) atoms. The third-order valence-electron chi connectivity index (χ3n) is 4.13. The summed E-state index contributed by atoms with van der Waals surface area (Å²) in [4.78, 5) is 12.6. The van der Waals surface area contributed by atoms with Gasteiger partial charge in [-0.15, -0.1) is 0 Å². The average molecular weight is 282 g/mol. The molecule has 0 aliphatic heterocycles. The molecule has 1 N–H and O–H groups in total. The lowest BCUT2D eigenvalue weighted by molar-refractivity contribution is 0.0901. The Morgan fingerprint density at radius 3 is 2.67 bits per heavy atom. The summed E-state index contributed by atoms with van der Waals surface area (Å²) in [6, 6.07) is 12.8. The number of hydrogen-bond acceptors (Lipinski definition) is 3. The molecule has 2 aromatic carbocycles. The van der Waals surface area contributed by atoms with Crippen LogP contribution in [0.1, 0.15) is 27.9 Å². The van der Waals surface area contributed by atoms with Gasteiger partial charge in [0.25, 0.3) is 0 Å².